The van der Waals surface area contributed by atoms with Gasteiger partial charge < -0.3 is 39.7 Å². The average Bonchev–Trinajstić information content (AvgIpc) is 3.41. The van der Waals surface area contributed by atoms with Crippen molar-refractivity contribution >= 4 is 5.97 Å². The molecule has 5 fully saturated rings. The van der Waals surface area contributed by atoms with Crippen molar-refractivity contribution in [3.05, 3.63) is 11.6 Å². The van der Waals surface area contributed by atoms with E-state index in [1.54, 1.807) is 13.0 Å². The van der Waals surface area contributed by atoms with Gasteiger partial charge in [-0.15, -0.1) is 0 Å². The standard InChI is InChI=1S/C29H44O9/c1-14-23(32)24(33)25(34)26(37-14)38-17-6-8-27(2)16(11-17)4-5-19-22(27)20(30)12-28(3)18(7-9-29(19,28)35)15-10-21(31)36-13-15/h10,14,16-20,22-26,30,32-35H,4-9,11-13H2,1-3H3/t14-,16-,17-,18+,19+,20-,22+,23-,24+,25+,26-,27-,28+,29?/m0/s1. The minimum absolute atomic E-state index is 0.0143. The Labute approximate surface area is 224 Å². The summed E-state index contributed by atoms with van der Waals surface area (Å²) in [4.78, 5) is 11.8. The fraction of sp³-hybridized carbons (Fsp3) is 0.897. The maximum absolute atomic E-state index is 12.4. The highest BCUT2D eigenvalue weighted by Crippen LogP contribution is 2.70. The first-order valence-corrected chi connectivity index (χ1v) is 14.5. The first-order chi connectivity index (χ1) is 17.9. The number of rotatable bonds is 3. The molecule has 1 saturated heterocycles. The molecular formula is C29H44O9. The molecule has 2 heterocycles. The summed E-state index contributed by atoms with van der Waals surface area (Å²) in [5.74, 6) is -0.0314. The number of ether oxygens (including phenoxy) is 3. The monoisotopic (exact) mass is 536 g/mol. The number of carbonyl (C=O) groups excluding carboxylic acids is 1. The lowest BCUT2D eigenvalue weighted by Gasteiger charge is -2.65. The van der Waals surface area contributed by atoms with Crippen molar-refractivity contribution in [3.8, 4) is 0 Å². The van der Waals surface area contributed by atoms with Crippen LogP contribution in [0.4, 0.5) is 0 Å². The Balaban J connectivity index is 1.19. The molecule has 14 atom stereocenters. The van der Waals surface area contributed by atoms with E-state index in [0.29, 0.717) is 18.8 Å². The molecule has 6 rings (SSSR count). The van der Waals surface area contributed by atoms with Crippen LogP contribution in [0.1, 0.15) is 72.1 Å². The van der Waals surface area contributed by atoms with Crippen LogP contribution in [0.3, 0.4) is 0 Å². The Bertz CT molecular complexity index is 985. The molecule has 9 nitrogen and oxygen atoms in total. The van der Waals surface area contributed by atoms with Crippen LogP contribution in [-0.4, -0.2) is 86.6 Å². The van der Waals surface area contributed by atoms with E-state index in [1.165, 1.54) is 0 Å². The van der Waals surface area contributed by atoms with E-state index < -0.39 is 47.8 Å². The average molecular weight is 537 g/mol. The van der Waals surface area contributed by atoms with Gasteiger partial charge in [0.25, 0.3) is 0 Å². The van der Waals surface area contributed by atoms with Crippen LogP contribution in [0.2, 0.25) is 0 Å². The van der Waals surface area contributed by atoms with Crippen LogP contribution in [-0.2, 0) is 19.0 Å². The number of cyclic esters (lactones) is 1. The van der Waals surface area contributed by atoms with Crippen molar-refractivity contribution in [2.45, 2.75) is 121 Å². The quantitative estimate of drug-likeness (QED) is 0.267. The minimum Gasteiger partial charge on any atom is -0.458 e. The second-order valence-electron chi connectivity index (χ2n) is 13.7. The molecule has 4 aliphatic carbocycles. The predicted molar refractivity (Wildman–Crippen MR) is 134 cm³/mol. The molecule has 0 aromatic rings. The van der Waals surface area contributed by atoms with Gasteiger partial charge in [0.15, 0.2) is 6.29 Å². The Morgan fingerprint density at radius 2 is 1.76 bits per heavy atom. The number of aliphatic hydroxyl groups excluding tert-OH is 4. The van der Waals surface area contributed by atoms with E-state index in [9.17, 15) is 30.3 Å². The van der Waals surface area contributed by atoms with Gasteiger partial charge in [-0.1, -0.05) is 13.8 Å². The van der Waals surface area contributed by atoms with Crippen LogP contribution in [0, 0.1) is 34.5 Å². The maximum atomic E-state index is 12.4. The molecule has 0 amide bonds. The van der Waals surface area contributed by atoms with Crippen LogP contribution < -0.4 is 0 Å². The van der Waals surface area contributed by atoms with Gasteiger partial charge >= 0.3 is 5.97 Å². The lowest BCUT2D eigenvalue weighted by molar-refractivity contribution is -0.311. The number of hydrogen-bond donors (Lipinski definition) is 5. The minimum atomic E-state index is -1.32. The highest BCUT2D eigenvalue weighted by Gasteiger charge is 2.70. The SMILES string of the molecule is C[C@@H]1O[C@@H](O[C@H]2CC[C@@]3(C)[C@@H](CC[C@@H]4[C@@H]3[C@@H](O)C[C@]3(C)[C@@H](C5=CC(=O)OC5)CCC43O)C2)[C@H](O)[C@H](O)[C@H]1O. The molecule has 2 aliphatic heterocycles. The lowest BCUT2D eigenvalue weighted by Crippen LogP contribution is -2.66. The largest absolute Gasteiger partial charge is 0.458 e. The molecule has 0 aromatic heterocycles. The van der Waals surface area contributed by atoms with E-state index >= 15 is 0 Å². The normalized spacial score (nSPS) is 56.5. The van der Waals surface area contributed by atoms with Gasteiger partial charge in [-0.05, 0) is 93.0 Å². The van der Waals surface area contributed by atoms with Gasteiger partial charge in [-0.25, -0.2) is 4.79 Å². The van der Waals surface area contributed by atoms with E-state index in [2.05, 4.69) is 13.8 Å². The first kappa shape index (κ1) is 27.1. The van der Waals surface area contributed by atoms with Crippen LogP contribution in [0.15, 0.2) is 11.6 Å². The summed E-state index contributed by atoms with van der Waals surface area (Å²) >= 11 is 0. The van der Waals surface area contributed by atoms with Gasteiger partial charge in [0.2, 0.25) is 0 Å². The molecule has 5 N–H and O–H groups in total. The first-order valence-electron chi connectivity index (χ1n) is 14.5. The summed E-state index contributed by atoms with van der Waals surface area (Å²) in [6.07, 6.45) is 1.49. The van der Waals surface area contributed by atoms with Crippen molar-refractivity contribution < 1.29 is 44.5 Å². The number of hydrogen-bond acceptors (Lipinski definition) is 9. The maximum Gasteiger partial charge on any atom is 0.331 e. The molecule has 0 aromatic carbocycles. The second kappa shape index (κ2) is 9.23. The zero-order valence-corrected chi connectivity index (χ0v) is 22.7. The van der Waals surface area contributed by atoms with Gasteiger partial charge in [0, 0.05) is 11.5 Å². The van der Waals surface area contributed by atoms with Gasteiger partial charge in [-0.2, -0.15) is 0 Å². The summed E-state index contributed by atoms with van der Waals surface area (Å²) in [7, 11) is 0. The van der Waals surface area contributed by atoms with E-state index in [0.717, 1.165) is 44.1 Å². The third-order valence-electron chi connectivity index (χ3n) is 12.0. The number of esters is 1. The number of fused-ring (bicyclic) bond motifs is 5. The van der Waals surface area contributed by atoms with Crippen LogP contribution >= 0.6 is 0 Å². The third kappa shape index (κ3) is 3.80. The van der Waals surface area contributed by atoms with Crippen molar-refractivity contribution in [3.63, 3.8) is 0 Å². The summed E-state index contributed by atoms with van der Waals surface area (Å²) in [5, 5.41) is 54.7. The van der Waals surface area contributed by atoms with Crippen molar-refractivity contribution in [1.29, 1.82) is 0 Å². The fourth-order valence-electron chi connectivity index (χ4n) is 9.91. The molecule has 0 radical (unpaired) electrons. The van der Waals surface area contributed by atoms with Crippen LogP contribution in [0.5, 0.6) is 0 Å². The van der Waals surface area contributed by atoms with Crippen molar-refractivity contribution in [2.24, 2.45) is 34.5 Å². The summed E-state index contributed by atoms with van der Waals surface area (Å²) < 4.78 is 17.1. The second-order valence-corrected chi connectivity index (χ2v) is 13.7. The Kier molecular flexibility index (Phi) is 6.58. The van der Waals surface area contributed by atoms with Crippen molar-refractivity contribution in [1.82, 2.24) is 0 Å². The lowest BCUT2D eigenvalue weighted by atomic mass is 9.42. The third-order valence-corrected chi connectivity index (χ3v) is 12.0. The topological polar surface area (TPSA) is 146 Å². The zero-order valence-electron chi connectivity index (χ0n) is 22.7. The fourth-order valence-corrected chi connectivity index (χ4v) is 9.91. The molecule has 0 spiro atoms. The molecule has 0 bridgehead atoms. The highest BCUT2D eigenvalue weighted by atomic mass is 16.7. The number of aliphatic hydroxyl groups is 5. The molecule has 4 saturated carbocycles. The van der Waals surface area contributed by atoms with E-state index in [4.69, 9.17) is 14.2 Å². The summed E-state index contributed by atoms with van der Waals surface area (Å²) in [5.41, 5.74) is -0.607. The molecule has 214 valence electrons. The molecule has 6 aliphatic rings. The molecule has 38 heavy (non-hydrogen) atoms. The van der Waals surface area contributed by atoms with Gasteiger partial charge in [0.05, 0.1) is 23.9 Å². The van der Waals surface area contributed by atoms with Crippen LogP contribution in [0.25, 0.3) is 0 Å². The molecule has 9 heteroatoms. The smallest absolute Gasteiger partial charge is 0.331 e. The molecule has 1 unspecified atom stereocenters. The van der Waals surface area contributed by atoms with Gasteiger partial charge in [-0.3, -0.25) is 0 Å². The van der Waals surface area contributed by atoms with Gasteiger partial charge in [0.1, 0.15) is 24.9 Å². The van der Waals surface area contributed by atoms with E-state index in [-0.39, 0.29) is 41.8 Å². The molecular weight excluding hydrogens is 492 g/mol. The Morgan fingerprint density at radius 3 is 2.47 bits per heavy atom. The zero-order chi connectivity index (χ0) is 27.2. The highest BCUT2D eigenvalue weighted by molar-refractivity contribution is 5.85. The Morgan fingerprint density at radius 1 is 1.00 bits per heavy atom. The number of carbonyl (C=O) groups is 1. The van der Waals surface area contributed by atoms with Crippen molar-refractivity contribution in [2.75, 3.05) is 6.61 Å². The summed E-state index contributed by atoms with van der Waals surface area (Å²) in [6, 6.07) is 0. The Hall–Kier alpha value is -1.07. The van der Waals surface area contributed by atoms with E-state index in [1.807, 2.05) is 0 Å². The predicted octanol–water partition coefficient (Wildman–Crippen LogP) is 1.43. The summed E-state index contributed by atoms with van der Waals surface area (Å²) in [6.45, 7) is 6.32.